The molecule has 0 N–H and O–H groups in total. The molecule has 1 aromatic rings. The monoisotopic (exact) mass is 468 g/mol. The average Bonchev–Trinajstić information content (AvgIpc) is 3.10. The van der Waals surface area contributed by atoms with Crippen molar-refractivity contribution in [3.63, 3.8) is 0 Å². The number of piperidine rings is 1. The van der Waals surface area contributed by atoms with Gasteiger partial charge in [-0.05, 0) is 44.0 Å². The zero-order valence-electron chi connectivity index (χ0n) is 16.0. The Morgan fingerprint density at radius 2 is 1.79 bits per heavy atom. The maximum Gasteiger partial charge on any atom is 0.306 e. The Morgan fingerprint density at radius 3 is 2.43 bits per heavy atom. The molecular formula is C20H25BrN2O4S. The van der Waals surface area contributed by atoms with E-state index in [-0.39, 0.29) is 35.5 Å². The van der Waals surface area contributed by atoms with E-state index in [0.29, 0.717) is 25.3 Å². The summed E-state index contributed by atoms with van der Waals surface area (Å²) in [6.45, 7) is 4.04. The van der Waals surface area contributed by atoms with Gasteiger partial charge in [-0.25, -0.2) is 0 Å². The van der Waals surface area contributed by atoms with Crippen molar-refractivity contribution < 1.29 is 19.1 Å². The van der Waals surface area contributed by atoms with Gasteiger partial charge in [-0.2, -0.15) is 0 Å². The van der Waals surface area contributed by atoms with Crippen molar-refractivity contribution in [1.29, 1.82) is 0 Å². The highest BCUT2D eigenvalue weighted by atomic mass is 79.9. The number of esters is 1. The largest absolute Gasteiger partial charge is 0.466 e. The van der Waals surface area contributed by atoms with Gasteiger partial charge in [0, 0.05) is 41.8 Å². The van der Waals surface area contributed by atoms with Gasteiger partial charge in [0.1, 0.15) is 0 Å². The summed E-state index contributed by atoms with van der Waals surface area (Å²) in [4.78, 5) is 40.5. The Kier molecular flexibility index (Phi) is 7.04. The Morgan fingerprint density at radius 1 is 1.11 bits per heavy atom. The lowest BCUT2D eigenvalue weighted by Crippen LogP contribution is -2.53. The van der Waals surface area contributed by atoms with Gasteiger partial charge in [-0.3, -0.25) is 14.4 Å². The van der Waals surface area contributed by atoms with Crippen LogP contribution in [0.1, 0.15) is 43.0 Å². The van der Waals surface area contributed by atoms with Crippen molar-refractivity contribution in [3.05, 3.63) is 34.3 Å². The van der Waals surface area contributed by atoms with Crippen LogP contribution in [0.2, 0.25) is 0 Å². The van der Waals surface area contributed by atoms with Crippen molar-refractivity contribution in [2.45, 2.75) is 37.5 Å². The lowest BCUT2D eigenvalue weighted by atomic mass is 10.0. The van der Waals surface area contributed by atoms with Crippen LogP contribution in [0.25, 0.3) is 0 Å². The summed E-state index contributed by atoms with van der Waals surface area (Å²) in [5, 5.41) is 0. The molecule has 0 bridgehead atoms. The number of amides is 2. The van der Waals surface area contributed by atoms with E-state index in [4.69, 9.17) is 4.74 Å². The number of thioether (sulfide) groups is 1. The lowest BCUT2D eigenvalue weighted by Gasteiger charge is -2.44. The molecule has 0 unspecified atom stereocenters. The molecule has 0 saturated carbocycles. The predicted octanol–water partition coefficient (Wildman–Crippen LogP) is 3.30. The van der Waals surface area contributed by atoms with Gasteiger partial charge in [0.2, 0.25) is 5.91 Å². The highest BCUT2D eigenvalue weighted by Crippen LogP contribution is 2.44. The summed E-state index contributed by atoms with van der Waals surface area (Å²) >= 11 is 5.23. The number of halogens is 1. The van der Waals surface area contributed by atoms with Crippen molar-refractivity contribution in [2.75, 3.05) is 32.0 Å². The molecule has 28 heavy (non-hydrogen) atoms. The Bertz CT molecular complexity index is 732. The topological polar surface area (TPSA) is 66.9 Å². The van der Waals surface area contributed by atoms with Crippen LogP contribution in [0.4, 0.5) is 0 Å². The van der Waals surface area contributed by atoms with Gasteiger partial charge in [-0.15, -0.1) is 11.8 Å². The third-order valence-electron chi connectivity index (χ3n) is 5.26. The zero-order chi connectivity index (χ0) is 20.1. The first kappa shape index (κ1) is 21.2. The van der Waals surface area contributed by atoms with E-state index < -0.39 is 0 Å². The Balaban J connectivity index is 1.58. The first-order chi connectivity index (χ1) is 13.4. The number of hydrogen-bond acceptors (Lipinski definition) is 5. The fourth-order valence-corrected chi connectivity index (χ4v) is 5.48. The summed E-state index contributed by atoms with van der Waals surface area (Å²) in [5.74, 6) is 0.622. The molecule has 2 aliphatic rings. The molecule has 1 aromatic carbocycles. The number of rotatable bonds is 5. The first-order valence-electron chi connectivity index (χ1n) is 9.60. The number of benzene rings is 1. The number of carbonyl (C=O) groups is 3. The highest BCUT2D eigenvalue weighted by Gasteiger charge is 2.47. The molecule has 0 aliphatic carbocycles. The van der Waals surface area contributed by atoms with Gasteiger partial charge in [0.05, 0.1) is 17.9 Å². The molecule has 2 aliphatic heterocycles. The van der Waals surface area contributed by atoms with Gasteiger partial charge in [0.25, 0.3) is 5.91 Å². The Hall–Kier alpha value is -1.54. The second-order valence-corrected chi connectivity index (χ2v) is 9.32. The average molecular weight is 469 g/mol. The molecule has 0 radical (unpaired) electrons. The second kappa shape index (κ2) is 9.31. The van der Waals surface area contributed by atoms with E-state index in [0.717, 1.165) is 29.6 Å². The van der Waals surface area contributed by atoms with E-state index in [1.165, 1.54) is 0 Å². The van der Waals surface area contributed by atoms with E-state index in [9.17, 15) is 14.4 Å². The van der Waals surface area contributed by atoms with Crippen LogP contribution in [0.3, 0.4) is 0 Å². The fourth-order valence-electron chi connectivity index (χ4n) is 3.76. The SMILES string of the molecule is CCOC(=O)CCC(=O)N1CCC2(CC1)SCCN2C(=O)c1ccc(Br)cc1. The predicted molar refractivity (Wildman–Crippen MR) is 112 cm³/mol. The Labute approximate surface area is 178 Å². The van der Waals surface area contributed by atoms with Crippen LogP contribution in [0, 0.1) is 0 Å². The van der Waals surface area contributed by atoms with E-state index in [1.54, 1.807) is 6.92 Å². The molecule has 2 amide bonds. The molecule has 152 valence electrons. The maximum atomic E-state index is 13.1. The van der Waals surface area contributed by atoms with Gasteiger partial charge in [0.15, 0.2) is 0 Å². The van der Waals surface area contributed by atoms with E-state index in [2.05, 4.69) is 15.9 Å². The summed E-state index contributed by atoms with van der Waals surface area (Å²) < 4.78 is 5.83. The van der Waals surface area contributed by atoms with Crippen LogP contribution in [0.15, 0.2) is 28.7 Å². The summed E-state index contributed by atoms with van der Waals surface area (Å²) in [5.41, 5.74) is 0.693. The van der Waals surface area contributed by atoms with Crippen molar-refractivity contribution in [1.82, 2.24) is 9.80 Å². The first-order valence-corrected chi connectivity index (χ1v) is 11.4. The fraction of sp³-hybridized carbons (Fsp3) is 0.550. The highest BCUT2D eigenvalue weighted by molar-refractivity contribution is 9.10. The molecule has 2 saturated heterocycles. The minimum Gasteiger partial charge on any atom is -0.466 e. The third kappa shape index (κ3) is 4.71. The standard InChI is InChI=1S/C20H25BrN2O4S/c1-2-27-18(25)8-7-17(24)22-11-9-20(10-12-22)23(13-14-28-20)19(26)15-3-5-16(21)6-4-15/h3-6H,2,7-14H2,1H3. The van der Waals surface area contributed by atoms with E-state index in [1.807, 2.05) is 45.8 Å². The molecule has 2 fully saturated rings. The molecule has 0 aromatic heterocycles. The number of likely N-dealkylation sites (tertiary alicyclic amines) is 1. The van der Waals surface area contributed by atoms with Crippen LogP contribution >= 0.6 is 27.7 Å². The molecule has 0 atom stereocenters. The number of ether oxygens (including phenoxy) is 1. The van der Waals surface area contributed by atoms with Crippen LogP contribution in [0.5, 0.6) is 0 Å². The zero-order valence-corrected chi connectivity index (χ0v) is 18.4. The molecular weight excluding hydrogens is 444 g/mol. The summed E-state index contributed by atoms with van der Waals surface area (Å²) in [7, 11) is 0. The molecule has 3 rings (SSSR count). The van der Waals surface area contributed by atoms with Gasteiger partial charge < -0.3 is 14.5 Å². The maximum absolute atomic E-state index is 13.1. The number of nitrogens with zero attached hydrogens (tertiary/aromatic N) is 2. The smallest absolute Gasteiger partial charge is 0.306 e. The third-order valence-corrected chi connectivity index (χ3v) is 7.34. The van der Waals surface area contributed by atoms with Crippen LogP contribution in [-0.4, -0.2) is 64.4 Å². The second-order valence-electron chi connectivity index (χ2n) is 6.94. The molecule has 6 nitrogen and oxygen atoms in total. The quantitative estimate of drug-likeness (QED) is 0.620. The molecule has 8 heteroatoms. The molecule has 1 spiro atoms. The normalized spacial score (nSPS) is 18.4. The van der Waals surface area contributed by atoms with Gasteiger partial charge in [-0.1, -0.05) is 15.9 Å². The van der Waals surface area contributed by atoms with Crippen molar-refractivity contribution in [2.24, 2.45) is 0 Å². The summed E-state index contributed by atoms with van der Waals surface area (Å²) in [6, 6.07) is 7.45. The van der Waals surface area contributed by atoms with Gasteiger partial charge >= 0.3 is 5.97 Å². The van der Waals surface area contributed by atoms with Crippen LogP contribution < -0.4 is 0 Å². The molecule has 2 heterocycles. The van der Waals surface area contributed by atoms with Crippen molar-refractivity contribution >= 4 is 45.5 Å². The van der Waals surface area contributed by atoms with Crippen LogP contribution in [-0.2, 0) is 14.3 Å². The minimum absolute atomic E-state index is 0.0170. The number of carbonyl (C=O) groups excluding carboxylic acids is 3. The lowest BCUT2D eigenvalue weighted by molar-refractivity contribution is -0.146. The van der Waals surface area contributed by atoms with E-state index >= 15 is 0 Å². The number of hydrogen-bond donors (Lipinski definition) is 0. The minimum atomic E-state index is -0.332. The summed E-state index contributed by atoms with van der Waals surface area (Å²) in [6.07, 6.45) is 1.81. The van der Waals surface area contributed by atoms with Crippen molar-refractivity contribution in [3.8, 4) is 0 Å².